The molecule has 0 saturated heterocycles. The zero-order chi connectivity index (χ0) is 17.7. The van der Waals surface area contributed by atoms with Crippen molar-refractivity contribution in [2.45, 2.75) is 26.8 Å². The Labute approximate surface area is 147 Å². The maximum Gasteiger partial charge on any atom is 0.238 e. The summed E-state index contributed by atoms with van der Waals surface area (Å²) in [7, 11) is 0. The lowest BCUT2D eigenvalue weighted by Crippen LogP contribution is -2.33. The van der Waals surface area contributed by atoms with Gasteiger partial charge in [-0.15, -0.1) is 0 Å². The zero-order valence-corrected chi connectivity index (χ0v) is 14.8. The van der Waals surface area contributed by atoms with Crippen molar-refractivity contribution < 1.29 is 9.18 Å². The molecule has 2 aromatic carbocycles. The summed E-state index contributed by atoms with van der Waals surface area (Å²) in [5.41, 5.74) is 2.06. The van der Waals surface area contributed by atoms with Crippen molar-refractivity contribution in [2.75, 3.05) is 11.9 Å². The Morgan fingerprint density at radius 1 is 1.17 bits per heavy atom. The molecule has 5 heteroatoms. The molecule has 0 aromatic heterocycles. The standard InChI is InChI=1S/C19H22ClFN2O/c1-12(2)19(14-5-7-15(20)8-6-14)22-11-18(24)23-17-9-4-13(3)10-16(17)21/h4-10,12,19,22H,11H2,1-3H3,(H,23,24). The van der Waals surface area contributed by atoms with Crippen LogP contribution in [-0.2, 0) is 4.79 Å². The molecule has 0 fully saturated rings. The summed E-state index contributed by atoms with van der Waals surface area (Å²) in [5, 5.41) is 6.50. The first-order valence-corrected chi connectivity index (χ1v) is 8.29. The summed E-state index contributed by atoms with van der Waals surface area (Å²) < 4.78 is 13.8. The van der Waals surface area contributed by atoms with Crippen molar-refractivity contribution in [3.05, 3.63) is 64.4 Å². The Morgan fingerprint density at radius 3 is 2.42 bits per heavy atom. The van der Waals surface area contributed by atoms with Crippen LogP contribution in [0, 0.1) is 18.7 Å². The van der Waals surface area contributed by atoms with E-state index < -0.39 is 5.82 Å². The second-order valence-electron chi connectivity index (χ2n) is 6.19. The molecule has 3 nitrogen and oxygen atoms in total. The first-order chi connectivity index (χ1) is 11.4. The molecule has 2 aromatic rings. The molecule has 0 aliphatic rings. The molecule has 0 spiro atoms. The van der Waals surface area contributed by atoms with Gasteiger partial charge in [0, 0.05) is 11.1 Å². The summed E-state index contributed by atoms with van der Waals surface area (Å²) in [5.74, 6) is -0.422. The fraction of sp³-hybridized carbons (Fsp3) is 0.316. The van der Waals surface area contributed by atoms with Crippen molar-refractivity contribution in [2.24, 2.45) is 5.92 Å². The summed E-state index contributed by atoms with van der Waals surface area (Å²) >= 11 is 5.92. The molecule has 0 saturated carbocycles. The van der Waals surface area contributed by atoms with Gasteiger partial charge in [0.1, 0.15) is 5.82 Å². The molecule has 2 rings (SSSR count). The Balaban J connectivity index is 1.98. The number of amides is 1. The van der Waals surface area contributed by atoms with Gasteiger partial charge in [0.05, 0.1) is 12.2 Å². The predicted octanol–water partition coefficient (Wildman–Crippen LogP) is 4.71. The van der Waals surface area contributed by atoms with E-state index in [2.05, 4.69) is 24.5 Å². The highest BCUT2D eigenvalue weighted by Gasteiger charge is 2.17. The molecule has 0 heterocycles. The number of nitrogens with one attached hydrogen (secondary N) is 2. The van der Waals surface area contributed by atoms with Gasteiger partial charge < -0.3 is 10.6 Å². The topological polar surface area (TPSA) is 41.1 Å². The van der Waals surface area contributed by atoms with Crippen LogP contribution in [0.5, 0.6) is 0 Å². The molecule has 1 amide bonds. The van der Waals surface area contributed by atoms with E-state index in [0.29, 0.717) is 5.02 Å². The first kappa shape index (κ1) is 18.4. The maximum atomic E-state index is 13.8. The van der Waals surface area contributed by atoms with E-state index in [0.717, 1.165) is 11.1 Å². The third-order valence-corrected chi connectivity index (χ3v) is 4.03. The summed E-state index contributed by atoms with van der Waals surface area (Å²) in [6, 6.07) is 12.3. The molecule has 0 aliphatic heterocycles. The normalized spacial score (nSPS) is 12.2. The number of carbonyl (C=O) groups is 1. The second-order valence-corrected chi connectivity index (χ2v) is 6.62. The molecular weight excluding hydrogens is 327 g/mol. The minimum absolute atomic E-state index is 0.0101. The molecule has 1 atom stereocenters. The van der Waals surface area contributed by atoms with Gasteiger partial charge in [-0.1, -0.05) is 43.6 Å². The highest BCUT2D eigenvalue weighted by Crippen LogP contribution is 2.23. The van der Waals surface area contributed by atoms with Crippen molar-refractivity contribution in [1.82, 2.24) is 5.32 Å². The fourth-order valence-corrected chi connectivity index (χ4v) is 2.65. The maximum absolute atomic E-state index is 13.8. The highest BCUT2D eigenvalue weighted by atomic mass is 35.5. The number of carbonyl (C=O) groups excluding carboxylic acids is 1. The lowest BCUT2D eigenvalue weighted by molar-refractivity contribution is -0.115. The molecule has 0 bridgehead atoms. The van der Waals surface area contributed by atoms with Crippen LogP contribution in [0.2, 0.25) is 5.02 Å². The van der Waals surface area contributed by atoms with Crippen LogP contribution < -0.4 is 10.6 Å². The molecule has 24 heavy (non-hydrogen) atoms. The lowest BCUT2D eigenvalue weighted by Gasteiger charge is -2.23. The number of anilines is 1. The van der Waals surface area contributed by atoms with Crippen LogP contribution in [0.4, 0.5) is 10.1 Å². The van der Waals surface area contributed by atoms with Crippen LogP contribution in [-0.4, -0.2) is 12.5 Å². The molecule has 2 N–H and O–H groups in total. The smallest absolute Gasteiger partial charge is 0.238 e. The zero-order valence-electron chi connectivity index (χ0n) is 14.1. The highest BCUT2D eigenvalue weighted by molar-refractivity contribution is 6.30. The van der Waals surface area contributed by atoms with Gasteiger partial charge in [0.2, 0.25) is 5.91 Å². The molecular formula is C19H22ClFN2O. The number of hydrogen-bond acceptors (Lipinski definition) is 2. The first-order valence-electron chi connectivity index (χ1n) is 7.91. The van der Waals surface area contributed by atoms with Crippen molar-refractivity contribution >= 4 is 23.2 Å². The van der Waals surface area contributed by atoms with E-state index in [1.807, 2.05) is 24.3 Å². The van der Waals surface area contributed by atoms with E-state index in [1.54, 1.807) is 19.1 Å². The molecule has 0 radical (unpaired) electrons. The van der Waals surface area contributed by atoms with Crippen molar-refractivity contribution in [3.63, 3.8) is 0 Å². The van der Waals surface area contributed by atoms with Crippen LogP contribution in [0.3, 0.4) is 0 Å². The van der Waals surface area contributed by atoms with E-state index >= 15 is 0 Å². The van der Waals surface area contributed by atoms with Crippen LogP contribution in [0.1, 0.15) is 31.0 Å². The Hall–Kier alpha value is -1.91. The minimum atomic E-state index is -0.429. The third-order valence-electron chi connectivity index (χ3n) is 3.78. The monoisotopic (exact) mass is 348 g/mol. The molecule has 0 aliphatic carbocycles. The van der Waals surface area contributed by atoms with Crippen molar-refractivity contribution in [1.29, 1.82) is 0 Å². The van der Waals surface area contributed by atoms with E-state index in [-0.39, 0.29) is 30.1 Å². The van der Waals surface area contributed by atoms with Crippen LogP contribution >= 0.6 is 11.6 Å². The number of halogens is 2. The Bertz CT molecular complexity index is 701. The second kappa shape index (κ2) is 8.27. The van der Waals surface area contributed by atoms with E-state index in [1.165, 1.54) is 6.07 Å². The van der Waals surface area contributed by atoms with Gasteiger partial charge in [-0.2, -0.15) is 0 Å². The number of benzene rings is 2. The van der Waals surface area contributed by atoms with Gasteiger partial charge in [-0.25, -0.2) is 4.39 Å². The number of aryl methyl sites for hydroxylation is 1. The SMILES string of the molecule is Cc1ccc(NC(=O)CNC(c2ccc(Cl)cc2)C(C)C)c(F)c1. The summed E-state index contributed by atoms with van der Waals surface area (Å²) in [6.45, 7) is 6.04. The summed E-state index contributed by atoms with van der Waals surface area (Å²) in [4.78, 5) is 12.1. The van der Waals surface area contributed by atoms with E-state index in [4.69, 9.17) is 11.6 Å². The van der Waals surface area contributed by atoms with Gasteiger partial charge in [-0.05, 0) is 48.2 Å². The summed E-state index contributed by atoms with van der Waals surface area (Å²) in [6.07, 6.45) is 0. The molecule has 128 valence electrons. The van der Waals surface area contributed by atoms with Gasteiger partial charge in [0.15, 0.2) is 0 Å². The van der Waals surface area contributed by atoms with Gasteiger partial charge >= 0.3 is 0 Å². The van der Waals surface area contributed by atoms with Gasteiger partial charge in [-0.3, -0.25) is 4.79 Å². The average Bonchev–Trinajstić information content (AvgIpc) is 2.52. The van der Waals surface area contributed by atoms with E-state index in [9.17, 15) is 9.18 Å². The third kappa shape index (κ3) is 5.05. The Morgan fingerprint density at radius 2 is 1.83 bits per heavy atom. The predicted molar refractivity (Wildman–Crippen MR) is 96.8 cm³/mol. The van der Waals surface area contributed by atoms with Gasteiger partial charge in [0.25, 0.3) is 0 Å². The minimum Gasteiger partial charge on any atom is -0.322 e. The van der Waals surface area contributed by atoms with Crippen LogP contribution in [0.15, 0.2) is 42.5 Å². The van der Waals surface area contributed by atoms with Crippen molar-refractivity contribution in [3.8, 4) is 0 Å². The Kier molecular flexibility index (Phi) is 6.35. The average molecular weight is 349 g/mol. The number of rotatable bonds is 6. The fourth-order valence-electron chi connectivity index (χ4n) is 2.53. The van der Waals surface area contributed by atoms with Crippen LogP contribution in [0.25, 0.3) is 0 Å². The molecule has 1 unspecified atom stereocenters. The quantitative estimate of drug-likeness (QED) is 0.793. The largest absolute Gasteiger partial charge is 0.322 e. The number of hydrogen-bond donors (Lipinski definition) is 2. The lowest BCUT2D eigenvalue weighted by atomic mass is 9.96.